The minimum Gasteiger partial charge on any atom is -0.457 e. The Morgan fingerprint density at radius 2 is 2.11 bits per heavy atom. The van der Waals surface area contributed by atoms with Gasteiger partial charge in [-0.05, 0) is 17.7 Å². The molecular weight excluding hydrogens is 248 g/mol. The van der Waals surface area contributed by atoms with Gasteiger partial charge in [0.2, 0.25) is 6.54 Å². The summed E-state index contributed by atoms with van der Waals surface area (Å²) in [4.78, 5) is 20.6. The number of carbonyl (C=O) groups is 1. The molecule has 0 aliphatic heterocycles. The van der Waals surface area contributed by atoms with E-state index in [-0.39, 0.29) is 12.0 Å². The lowest BCUT2D eigenvalue weighted by Crippen LogP contribution is -2.13. The maximum absolute atomic E-state index is 13.0. The third-order valence-corrected chi connectivity index (χ3v) is 2.20. The predicted molar refractivity (Wildman–Crippen MR) is 57.3 cm³/mol. The van der Waals surface area contributed by atoms with E-state index < -0.39 is 35.2 Å². The standard InChI is InChI=1S/C11H11F2NO4/c1-7(15)18-11(4-5-14(16)17)8-2-3-9(12)10(13)6-8/h2-3,6,11H,4-5H2,1H3. The average Bonchev–Trinajstić information content (AvgIpc) is 2.27. The topological polar surface area (TPSA) is 69.4 Å². The van der Waals surface area contributed by atoms with Crippen LogP contribution in [0.3, 0.4) is 0 Å². The summed E-state index contributed by atoms with van der Waals surface area (Å²) in [5.74, 6) is -2.77. The average molecular weight is 259 g/mol. The molecule has 7 heteroatoms. The van der Waals surface area contributed by atoms with E-state index in [0.29, 0.717) is 0 Å². The number of hydrogen-bond acceptors (Lipinski definition) is 4. The van der Waals surface area contributed by atoms with Crippen molar-refractivity contribution in [2.24, 2.45) is 0 Å². The molecule has 0 heterocycles. The van der Waals surface area contributed by atoms with Crippen molar-refractivity contribution in [2.75, 3.05) is 6.54 Å². The second kappa shape index (κ2) is 6.04. The Hall–Kier alpha value is -2.05. The highest BCUT2D eigenvalue weighted by Gasteiger charge is 2.19. The van der Waals surface area contributed by atoms with Gasteiger partial charge in [0, 0.05) is 11.8 Å². The molecule has 0 aliphatic rings. The van der Waals surface area contributed by atoms with E-state index in [4.69, 9.17) is 4.74 Å². The fourth-order valence-electron chi connectivity index (χ4n) is 1.43. The molecule has 1 aromatic carbocycles. The maximum Gasteiger partial charge on any atom is 0.303 e. The number of ether oxygens (including phenoxy) is 1. The molecule has 1 unspecified atom stereocenters. The molecule has 0 radical (unpaired) electrons. The van der Waals surface area contributed by atoms with Crippen molar-refractivity contribution < 1.29 is 23.2 Å². The van der Waals surface area contributed by atoms with Crippen molar-refractivity contribution in [3.8, 4) is 0 Å². The zero-order valence-corrected chi connectivity index (χ0v) is 9.56. The third kappa shape index (κ3) is 4.08. The highest BCUT2D eigenvalue weighted by Crippen LogP contribution is 2.23. The number of benzene rings is 1. The van der Waals surface area contributed by atoms with Crippen LogP contribution in [-0.2, 0) is 9.53 Å². The van der Waals surface area contributed by atoms with Crippen molar-refractivity contribution >= 4 is 5.97 Å². The Morgan fingerprint density at radius 1 is 1.44 bits per heavy atom. The van der Waals surface area contributed by atoms with Gasteiger partial charge in [-0.3, -0.25) is 14.9 Å². The molecule has 18 heavy (non-hydrogen) atoms. The summed E-state index contributed by atoms with van der Waals surface area (Å²) in [6.45, 7) is 0.704. The van der Waals surface area contributed by atoms with E-state index in [1.807, 2.05) is 0 Å². The maximum atomic E-state index is 13.0. The van der Waals surface area contributed by atoms with E-state index in [9.17, 15) is 23.7 Å². The largest absolute Gasteiger partial charge is 0.457 e. The van der Waals surface area contributed by atoms with Gasteiger partial charge >= 0.3 is 5.97 Å². The van der Waals surface area contributed by atoms with Crippen LogP contribution in [0.25, 0.3) is 0 Å². The summed E-state index contributed by atoms with van der Waals surface area (Å²) in [6, 6.07) is 2.97. The second-order valence-corrected chi connectivity index (χ2v) is 3.62. The fraction of sp³-hybridized carbons (Fsp3) is 0.364. The molecule has 0 N–H and O–H groups in total. The lowest BCUT2D eigenvalue weighted by molar-refractivity contribution is -0.482. The van der Waals surface area contributed by atoms with E-state index in [1.54, 1.807) is 0 Å². The van der Waals surface area contributed by atoms with Gasteiger partial charge in [-0.2, -0.15) is 0 Å². The van der Waals surface area contributed by atoms with Gasteiger partial charge in [0.25, 0.3) is 0 Å². The highest BCUT2D eigenvalue weighted by molar-refractivity contribution is 5.66. The molecule has 1 atom stereocenters. The molecular formula is C11H11F2NO4. The van der Waals surface area contributed by atoms with Gasteiger partial charge < -0.3 is 4.74 Å². The molecule has 0 saturated carbocycles. The highest BCUT2D eigenvalue weighted by atomic mass is 19.2. The number of halogens is 2. The van der Waals surface area contributed by atoms with E-state index >= 15 is 0 Å². The van der Waals surface area contributed by atoms with Crippen LogP contribution in [0.1, 0.15) is 25.0 Å². The molecule has 0 aliphatic carbocycles. The van der Waals surface area contributed by atoms with E-state index in [1.165, 1.54) is 6.07 Å². The summed E-state index contributed by atoms with van der Waals surface area (Å²) in [5, 5.41) is 10.3. The van der Waals surface area contributed by atoms with Crippen LogP contribution in [0.4, 0.5) is 8.78 Å². The Labute approximate surface area is 102 Å². The Kier molecular flexibility index (Phi) is 4.70. The van der Waals surface area contributed by atoms with Crippen molar-refractivity contribution in [2.45, 2.75) is 19.4 Å². The van der Waals surface area contributed by atoms with Crippen LogP contribution in [0.2, 0.25) is 0 Å². The normalized spacial score (nSPS) is 11.9. The van der Waals surface area contributed by atoms with Gasteiger partial charge in [-0.25, -0.2) is 8.78 Å². The van der Waals surface area contributed by atoms with Crippen LogP contribution in [0.5, 0.6) is 0 Å². The molecule has 5 nitrogen and oxygen atoms in total. The number of esters is 1. The van der Waals surface area contributed by atoms with Crippen LogP contribution in [0, 0.1) is 21.7 Å². The lowest BCUT2D eigenvalue weighted by atomic mass is 10.1. The SMILES string of the molecule is CC(=O)OC(CC[N+](=O)[O-])c1ccc(F)c(F)c1. The fourth-order valence-corrected chi connectivity index (χ4v) is 1.43. The predicted octanol–water partition coefficient (Wildman–Crippen LogP) is 2.24. The number of carbonyl (C=O) groups excluding carboxylic acids is 1. The molecule has 0 spiro atoms. The smallest absolute Gasteiger partial charge is 0.303 e. The van der Waals surface area contributed by atoms with Crippen LogP contribution in [-0.4, -0.2) is 17.4 Å². The van der Waals surface area contributed by atoms with Crippen molar-refractivity contribution in [1.82, 2.24) is 0 Å². The molecule has 0 fully saturated rings. The number of nitro groups is 1. The summed E-state index contributed by atoms with van der Waals surface area (Å²) >= 11 is 0. The molecule has 0 aromatic heterocycles. The molecule has 1 rings (SSSR count). The molecule has 98 valence electrons. The third-order valence-electron chi connectivity index (χ3n) is 2.20. The van der Waals surface area contributed by atoms with Crippen molar-refractivity contribution in [1.29, 1.82) is 0 Å². The molecule has 0 saturated heterocycles. The summed E-state index contributed by atoms with van der Waals surface area (Å²) in [5.41, 5.74) is 0.186. The monoisotopic (exact) mass is 259 g/mol. The second-order valence-electron chi connectivity index (χ2n) is 3.62. The quantitative estimate of drug-likeness (QED) is 0.462. The van der Waals surface area contributed by atoms with Gasteiger partial charge in [0.1, 0.15) is 6.10 Å². The first-order valence-corrected chi connectivity index (χ1v) is 5.14. The molecule has 1 aromatic rings. The minimum absolute atomic E-state index is 0.0996. The first kappa shape index (κ1) is 14.0. The summed E-state index contributed by atoms with van der Waals surface area (Å²) in [6.07, 6.45) is -1.06. The number of nitrogens with zero attached hydrogens (tertiary/aromatic N) is 1. The minimum atomic E-state index is -1.09. The first-order valence-electron chi connectivity index (χ1n) is 5.14. The summed E-state index contributed by atoms with van der Waals surface area (Å²) < 4.78 is 30.6. The first-order chi connectivity index (χ1) is 8.40. The molecule has 0 amide bonds. The van der Waals surface area contributed by atoms with Gasteiger partial charge in [0.15, 0.2) is 11.6 Å². The Morgan fingerprint density at radius 3 is 2.61 bits per heavy atom. The zero-order valence-electron chi connectivity index (χ0n) is 9.56. The van der Waals surface area contributed by atoms with Gasteiger partial charge in [0.05, 0.1) is 6.42 Å². The summed E-state index contributed by atoms with van der Waals surface area (Å²) in [7, 11) is 0. The van der Waals surface area contributed by atoms with Crippen LogP contribution >= 0.6 is 0 Å². The number of rotatable bonds is 5. The lowest BCUT2D eigenvalue weighted by Gasteiger charge is -2.15. The Balaban J connectivity index is 2.89. The Bertz CT molecular complexity index is 464. The zero-order chi connectivity index (χ0) is 13.7. The molecule has 0 bridgehead atoms. The van der Waals surface area contributed by atoms with Gasteiger partial charge in [-0.1, -0.05) is 6.07 Å². The number of hydrogen-bond donors (Lipinski definition) is 0. The van der Waals surface area contributed by atoms with Crippen molar-refractivity contribution in [3.05, 3.63) is 45.5 Å². The van der Waals surface area contributed by atoms with Crippen molar-refractivity contribution in [3.63, 3.8) is 0 Å². The van der Waals surface area contributed by atoms with E-state index in [0.717, 1.165) is 19.1 Å². The van der Waals surface area contributed by atoms with E-state index in [2.05, 4.69) is 0 Å². The van der Waals surface area contributed by atoms with Gasteiger partial charge in [-0.15, -0.1) is 0 Å². The van der Waals surface area contributed by atoms with Crippen LogP contribution < -0.4 is 0 Å². The van der Waals surface area contributed by atoms with Crippen LogP contribution in [0.15, 0.2) is 18.2 Å².